The summed E-state index contributed by atoms with van der Waals surface area (Å²) in [6.07, 6.45) is 2.36. The molecule has 2 N–H and O–H groups in total. The molecule has 3 nitrogen and oxygen atoms in total. The summed E-state index contributed by atoms with van der Waals surface area (Å²) >= 11 is 0. The van der Waals surface area contributed by atoms with Gasteiger partial charge in [-0.2, -0.15) is 0 Å². The van der Waals surface area contributed by atoms with E-state index in [2.05, 4.69) is 5.32 Å². The zero-order valence-corrected chi connectivity index (χ0v) is 10.9. The Morgan fingerprint density at radius 3 is 2.89 bits per heavy atom. The molecule has 1 aromatic carbocycles. The summed E-state index contributed by atoms with van der Waals surface area (Å²) in [5, 5.41) is 13.4. The van der Waals surface area contributed by atoms with E-state index in [0.717, 1.165) is 5.56 Å². The third kappa shape index (κ3) is 3.96. The summed E-state index contributed by atoms with van der Waals surface area (Å²) in [4.78, 5) is 0. The summed E-state index contributed by atoms with van der Waals surface area (Å²) in [6.45, 7) is 4.21. The Morgan fingerprint density at radius 1 is 1.50 bits per heavy atom. The van der Waals surface area contributed by atoms with Crippen molar-refractivity contribution in [3.05, 3.63) is 29.6 Å². The van der Waals surface area contributed by atoms with E-state index >= 15 is 0 Å². The lowest BCUT2D eigenvalue weighted by Crippen LogP contribution is -2.43. The molecule has 0 heterocycles. The summed E-state index contributed by atoms with van der Waals surface area (Å²) in [6, 6.07) is 4.96. The van der Waals surface area contributed by atoms with E-state index in [9.17, 15) is 9.50 Å². The lowest BCUT2D eigenvalue weighted by Gasteiger charge is -2.24. The van der Waals surface area contributed by atoms with E-state index in [0.29, 0.717) is 18.3 Å². The van der Waals surface area contributed by atoms with Crippen LogP contribution in [0, 0.1) is 12.7 Å². The zero-order chi connectivity index (χ0) is 13.2. The van der Waals surface area contributed by atoms with Crippen molar-refractivity contribution < 1.29 is 14.2 Å². The number of nitrogens with one attached hydrogen (secondary N) is 1. The van der Waals surface area contributed by atoms with E-state index in [1.54, 1.807) is 13.0 Å². The predicted molar refractivity (Wildman–Crippen MR) is 68.3 cm³/mol. The first kappa shape index (κ1) is 13.3. The van der Waals surface area contributed by atoms with E-state index in [-0.39, 0.29) is 12.4 Å². The van der Waals surface area contributed by atoms with E-state index in [1.807, 2.05) is 6.92 Å². The second-order valence-corrected chi connectivity index (χ2v) is 5.35. The van der Waals surface area contributed by atoms with Crippen molar-refractivity contribution in [2.45, 2.75) is 38.3 Å². The lowest BCUT2D eigenvalue weighted by molar-refractivity contribution is 0.0117. The predicted octanol–water partition coefficient (Wildman–Crippen LogP) is 2.02. The highest BCUT2D eigenvalue weighted by Crippen LogP contribution is 2.21. The number of aliphatic hydroxyl groups is 1. The Labute approximate surface area is 107 Å². The third-order valence-corrected chi connectivity index (χ3v) is 3.04. The van der Waals surface area contributed by atoms with Crippen molar-refractivity contribution in [2.75, 3.05) is 13.2 Å². The van der Waals surface area contributed by atoms with Gasteiger partial charge in [0, 0.05) is 18.7 Å². The van der Waals surface area contributed by atoms with Crippen LogP contribution < -0.4 is 10.1 Å². The van der Waals surface area contributed by atoms with Crippen molar-refractivity contribution in [3.63, 3.8) is 0 Å². The molecule has 0 aromatic heterocycles. The molecule has 0 spiro atoms. The van der Waals surface area contributed by atoms with Crippen molar-refractivity contribution in [1.29, 1.82) is 0 Å². The maximum absolute atomic E-state index is 13.1. The van der Waals surface area contributed by atoms with Gasteiger partial charge in [-0.1, -0.05) is 6.07 Å². The number of ether oxygens (including phenoxy) is 1. The molecule has 2 rings (SSSR count). The monoisotopic (exact) mass is 253 g/mol. The number of hydrogen-bond donors (Lipinski definition) is 2. The van der Waals surface area contributed by atoms with Crippen LogP contribution >= 0.6 is 0 Å². The van der Waals surface area contributed by atoms with Gasteiger partial charge in [0.05, 0.1) is 0 Å². The average Bonchev–Trinajstić information content (AvgIpc) is 3.12. The maximum atomic E-state index is 13.1. The number of benzene rings is 1. The molecular formula is C14H20FNO2. The van der Waals surface area contributed by atoms with Gasteiger partial charge in [0.1, 0.15) is 23.8 Å². The van der Waals surface area contributed by atoms with Gasteiger partial charge in [-0.3, -0.25) is 0 Å². The van der Waals surface area contributed by atoms with E-state index in [4.69, 9.17) is 4.74 Å². The lowest BCUT2D eigenvalue weighted by atomic mass is 10.1. The van der Waals surface area contributed by atoms with Gasteiger partial charge >= 0.3 is 0 Å². The molecule has 1 aromatic rings. The topological polar surface area (TPSA) is 41.5 Å². The van der Waals surface area contributed by atoms with E-state index < -0.39 is 5.60 Å². The van der Waals surface area contributed by atoms with Gasteiger partial charge in [-0.15, -0.1) is 0 Å². The number of hydrogen-bond acceptors (Lipinski definition) is 3. The normalized spacial score (nSPS) is 18.4. The van der Waals surface area contributed by atoms with Gasteiger partial charge in [0.25, 0.3) is 0 Å². The molecule has 0 amide bonds. The molecule has 1 atom stereocenters. The summed E-state index contributed by atoms with van der Waals surface area (Å²) < 4.78 is 18.6. The van der Waals surface area contributed by atoms with Crippen LogP contribution in [0.15, 0.2) is 18.2 Å². The van der Waals surface area contributed by atoms with Gasteiger partial charge in [-0.25, -0.2) is 4.39 Å². The second-order valence-electron chi connectivity index (χ2n) is 5.35. The minimum atomic E-state index is -0.943. The molecule has 1 aliphatic rings. The summed E-state index contributed by atoms with van der Waals surface area (Å²) in [7, 11) is 0. The molecule has 0 radical (unpaired) electrons. The molecule has 0 saturated heterocycles. The van der Waals surface area contributed by atoms with Crippen LogP contribution in [0.3, 0.4) is 0 Å². The Hall–Kier alpha value is -1.13. The quantitative estimate of drug-likeness (QED) is 0.815. The van der Waals surface area contributed by atoms with Crippen LogP contribution in [0.1, 0.15) is 25.3 Å². The molecule has 1 fully saturated rings. The standard InChI is InChI=1S/C14H20FNO2/c1-10-3-4-11(15)7-13(10)18-9-14(2,17)8-16-12-5-6-12/h3-4,7,12,16-17H,5-6,8-9H2,1-2H3. The van der Waals surface area contributed by atoms with Crippen LogP contribution in [0.2, 0.25) is 0 Å². The Bertz CT molecular complexity index is 416. The molecule has 100 valence electrons. The minimum Gasteiger partial charge on any atom is -0.490 e. The van der Waals surface area contributed by atoms with Crippen LogP contribution in [-0.4, -0.2) is 29.9 Å². The van der Waals surface area contributed by atoms with Crippen LogP contribution in [0.5, 0.6) is 5.75 Å². The molecule has 18 heavy (non-hydrogen) atoms. The number of aryl methyl sites for hydroxylation is 1. The fraction of sp³-hybridized carbons (Fsp3) is 0.571. The molecular weight excluding hydrogens is 233 g/mol. The molecule has 4 heteroatoms. The van der Waals surface area contributed by atoms with Crippen molar-refractivity contribution >= 4 is 0 Å². The van der Waals surface area contributed by atoms with Gasteiger partial charge < -0.3 is 15.2 Å². The fourth-order valence-electron chi connectivity index (χ4n) is 1.67. The Kier molecular flexibility index (Phi) is 3.88. The molecule has 0 bridgehead atoms. The SMILES string of the molecule is Cc1ccc(F)cc1OCC(C)(O)CNC1CC1. The number of halogens is 1. The summed E-state index contributed by atoms with van der Waals surface area (Å²) in [5.41, 5.74) is -0.0798. The molecule has 0 aliphatic heterocycles. The summed E-state index contributed by atoms with van der Waals surface area (Å²) in [5.74, 6) is 0.160. The maximum Gasteiger partial charge on any atom is 0.126 e. The molecule has 1 aliphatic carbocycles. The molecule has 1 unspecified atom stereocenters. The molecule has 1 saturated carbocycles. The zero-order valence-electron chi connectivity index (χ0n) is 10.9. The largest absolute Gasteiger partial charge is 0.490 e. The average molecular weight is 253 g/mol. The van der Waals surface area contributed by atoms with E-state index in [1.165, 1.54) is 25.0 Å². The smallest absolute Gasteiger partial charge is 0.126 e. The minimum absolute atomic E-state index is 0.150. The van der Waals surface area contributed by atoms with Gasteiger partial charge in [0.15, 0.2) is 0 Å². The highest BCUT2D eigenvalue weighted by molar-refractivity contribution is 5.32. The highest BCUT2D eigenvalue weighted by atomic mass is 19.1. The Morgan fingerprint density at radius 2 is 2.22 bits per heavy atom. The number of rotatable bonds is 6. The Balaban J connectivity index is 1.86. The van der Waals surface area contributed by atoms with Crippen LogP contribution in [0.4, 0.5) is 4.39 Å². The third-order valence-electron chi connectivity index (χ3n) is 3.04. The first-order valence-electron chi connectivity index (χ1n) is 6.31. The van der Waals surface area contributed by atoms with Crippen molar-refractivity contribution in [1.82, 2.24) is 5.32 Å². The first-order valence-corrected chi connectivity index (χ1v) is 6.31. The first-order chi connectivity index (χ1) is 8.46. The van der Waals surface area contributed by atoms with Gasteiger partial charge in [-0.05, 0) is 38.3 Å². The van der Waals surface area contributed by atoms with Crippen molar-refractivity contribution in [3.8, 4) is 5.75 Å². The highest BCUT2D eigenvalue weighted by Gasteiger charge is 2.27. The second kappa shape index (κ2) is 5.24. The van der Waals surface area contributed by atoms with Crippen LogP contribution in [-0.2, 0) is 0 Å². The van der Waals surface area contributed by atoms with Crippen molar-refractivity contribution in [2.24, 2.45) is 0 Å². The van der Waals surface area contributed by atoms with Gasteiger partial charge in [0.2, 0.25) is 0 Å². The van der Waals surface area contributed by atoms with Crippen LogP contribution in [0.25, 0.3) is 0 Å². The fourth-order valence-corrected chi connectivity index (χ4v) is 1.67.